The summed E-state index contributed by atoms with van der Waals surface area (Å²) in [4.78, 5) is 63.2. The molecule has 0 radical (unpaired) electrons. The molecular weight excluding hydrogens is 676 g/mol. The van der Waals surface area contributed by atoms with Gasteiger partial charge in [-0.05, 0) is 98.3 Å². The smallest absolute Gasteiger partial charge is 0.334 e. The second-order valence-electron chi connectivity index (χ2n) is 13.7. The van der Waals surface area contributed by atoms with Crippen molar-refractivity contribution in [3.8, 4) is 0 Å². The van der Waals surface area contributed by atoms with Crippen LogP contribution in [0.25, 0.3) is 30.4 Å². The van der Waals surface area contributed by atoms with E-state index >= 15 is 0 Å². The molecule has 0 amide bonds. The molecule has 8 bridgehead atoms. The Hall–Kier alpha value is -5.91. The molecule has 53 heavy (non-hydrogen) atoms. The summed E-state index contributed by atoms with van der Waals surface area (Å²) < 4.78 is 15.4. The number of carboxylic acid groups (broad SMARTS) is 1. The SMILES string of the molecule is C=Cc1c2[nH]c(c1C)C=C1N=C(C=c3[nH]c(c(CCC(=O)OC)c3C)=CC3NC(=C2)C(C)=C3CCC(=O)O)C2(C)C1=CC=C(C(=O)OC)C2C(=O)OC. The van der Waals surface area contributed by atoms with Crippen molar-refractivity contribution in [1.82, 2.24) is 15.3 Å². The summed E-state index contributed by atoms with van der Waals surface area (Å²) in [6.07, 6.45) is 13.8. The lowest BCUT2D eigenvalue weighted by Gasteiger charge is -2.37. The molecule has 3 atom stereocenters. The van der Waals surface area contributed by atoms with E-state index in [2.05, 4.69) is 21.9 Å². The topological polar surface area (TPSA) is 172 Å². The average Bonchev–Trinajstić information content (AvgIpc) is 3.79. The first-order valence-electron chi connectivity index (χ1n) is 17.4. The number of allylic oxidation sites excluding steroid dienone is 4. The highest BCUT2D eigenvalue weighted by Gasteiger charge is 2.54. The third-order valence-corrected chi connectivity index (χ3v) is 11.0. The first-order chi connectivity index (χ1) is 25.3. The number of rotatable bonds is 9. The number of aliphatic imine (C=N–C) groups is 1. The first kappa shape index (κ1) is 36.9. The fourth-order valence-electron chi connectivity index (χ4n) is 7.95. The molecule has 3 unspecified atom stereocenters. The highest BCUT2D eigenvalue weighted by molar-refractivity contribution is 6.21. The van der Waals surface area contributed by atoms with E-state index in [4.69, 9.17) is 19.2 Å². The number of H-pyrrole nitrogens is 2. The van der Waals surface area contributed by atoms with Crippen molar-refractivity contribution in [2.75, 3.05) is 21.3 Å². The zero-order chi connectivity index (χ0) is 38.4. The predicted molar refractivity (Wildman–Crippen MR) is 201 cm³/mol. The Morgan fingerprint density at radius 2 is 1.68 bits per heavy atom. The zero-order valence-electron chi connectivity index (χ0n) is 31.0. The summed E-state index contributed by atoms with van der Waals surface area (Å²) in [7, 11) is 3.91. The minimum atomic E-state index is -1.16. The quantitative estimate of drug-likeness (QED) is 0.220. The number of aliphatic carboxylic acids is 1. The Morgan fingerprint density at radius 1 is 0.925 bits per heavy atom. The maximum Gasteiger partial charge on any atom is 0.334 e. The van der Waals surface area contributed by atoms with E-state index in [1.165, 1.54) is 21.3 Å². The molecule has 5 heterocycles. The average molecular weight is 721 g/mol. The van der Waals surface area contributed by atoms with Gasteiger partial charge in [0.1, 0.15) is 5.92 Å². The minimum Gasteiger partial charge on any atom is -0.481 e. The van der Waals surface area contributed by atoms with Crippen LogP contribution in [-0.4, -0.2) is 72.0 Å². The number of esters is 3. The third-order valence-electron chi connectivity index (χ3n) is 11.0. The molecule has 2 aromatic rings. The van der Waals surface area contributed by atoms with Gasteiger partial charge in [-0.15, -0.1) is 0 Å². The zero-order valence-corrected chi connectivity index (χ0v) is 31.0. The van der Waals surface area contributed by atoms with E-state index in [1.54, 1.807) is 12.2 Å². The Labute approximate surface area is 307 Å². The van der Waals surface area contributed by atoms with Crippen LogP contribution in [-0.2, 0) is 39.8 Å². The van der Waals surface area contributed by atoms with Crippen LogP contribution < -0.4 is 16.0 Å². The van der Waals surface area contributed by atoms with Crippen molar-refractivity contribution in [2.24, 2.45) is 16.3 Å². The normalized spacial score (nSPS) is 21.4. The van der Waals surface area contributed by atoms with Gasteiger partial charge >= 0.3 is 23.9 Å². The fourth-order valence-corrected chi connectivity index (χ4v) is 7.95. The predicted octanol–water partition coefficient (Wildman–Crippen LogP) is 4.11. The molecule has 6 rings (SSSR count). The Balaban J connectivity index is 1.70. The van der Waals surface area contributed by atoms with Crippen LogP contribution in [0.3, 0.4) is 0 Å². The number of hydrogen-bond donors (Lipinski definition) is 4. The van der Waals surface area contributed by atoms with Crippen molar-refractivity contribution in [3.05, 3.63) is 96.8 Å². The molecule has 4 aliphatic rings. The number of nitrogens with one attached hydrogen (secondary N) is 3. The number of aromatic amines is 2. The number of ether oxygens (including phenoxy) is 3. The van der Waals surface area contributed by atoms with Gasteiger partial charge < -0.3 is 34.6 Å². The minimum absolute atomic E-state index is 0.0428. The van der Waals surface area contributed by atoms with Crippen LogP contribution in [0.15, 0.2) is 57.4 Å². The summed E-state index contributed by atoms with van der Waals surface area (Å²) >= 11 is 0. The first-order valence-corrected chi connectivity index (χ1v) is 17.4. The molecular formula is C41H44N4O8. The number of carbonyl (C=O) groups excluding carboxylic acids is 3. The Bertz CT molecular complexity index is 2290. The van der Waals surface area contributed by atoms with Crippen molar-refractivity contribution < 1.29 is 38.5 Å². The lowest BCUT2D eigenvalue weighted by atomic mass is 9.63. The van der Waals surface area contributed by atoms with Crippen molar-refractivity contribution in [1.29, 1.82) is 0 Å². The van der Waals surface area contributed by atoms with Gasteiger partial charge in [0.05, 0.1) is 49.8 Å². The highest BCUT2D eigenvalue weighted by Crippen LogP contribution is 2.52. The van der Waals surface area contributed by atoms with Gasteiger partial charge in [-0.3, -0.25) is 19.4 Å². The van der Waals surface area contributed by atoms with Crippen molar-refractivity contribution in [3.63, 3.8) is 0 Å². The summed E-state index contributed by atoms with van der Waals surface area (Å²) in [5, 5.41) is 14.7. The molecule has 2 aromatic heterocycles. The van der Waals surface area contributed by atoms with Gasteiger partial charge in [0.25, 0.3) is 0 Å². The molecule has 1 aliphatic carbocycles. The number of nitrogens with zero attached hydrogens (tertiary/aromatic N) is 1. The van der Waals surface area contributed by atoms with E-state index in [0.717, 1.165) is 61.4 Å². The van der Waals surface area contributed by atoms with E-state index in [9.17, 15) is 24.3 Å². The highest BCUT2D eigenvalue weighted by atomic mass is 16.5. The summed E-state index contributed by atoms with van der Waals surface area (Å²) in [5.41, 5.74) is 8.62. The standard InChI is InChI=1S/C41H44N4O8/c1-9-23-20(2)29-17-34-27-13-10-26(39(49)52-7)38(40(50)53-8)41(27,5)35(45-34)19-30-22(4)25(12-15-37(48)51-6)33(44-30)18-32-24(11-14-36(46)47)21(3)28(43-32)16-31(23)42-29/h9-10,13,16-19,32,38,42-44H,1,11-12,14-15H2,2-8H3,(H,46,47). The summed E-state index contributed by atoms with van der Waals surface area (Å²) in [6, 6.07) is -0.365. The number of fused-ring (bicyclic) bond motifs is 10. The largest absolute Gasteiger partial charge is 0.481 e. The second-order valence-corrected chi connectivity index (χ2v) is 13.7. The molecule has 4 N–H and O–H groups in total. The van der Waals surface area contributed by atoms with Crippen LogP contribution in [0.4, 0.5) is 0 Å². The number of hydrogen-bond acceptors (Lipinski definition) is 9. The van der Waals surface area contributed by atoms with Gasteiger partial charge in [-0.2, -0.15) is 0 Å². The molecule has 276 valence electrons. The molecule has 0 spiro atoms. The van der Waals surface area contributed by atoms with Crippen LogP contribution in [0.2, 0.25) is 0 Å². The molecule has 12 nitrogen and oxygen atoms in total. The van der Waals surface area contributed by atoms with Crippen LogP contribution >= 0.6 is 0 Å². The number of carbonyl (C=O) groups is 4. The maximum atomic E-state index is 13.7. The molecule has 3 aliphatic heterocycles. The molecule has 0 saturated heterocycles. The lowest BCUT2D eigenvalue weighted by Crippen LogP contribution is -2.44. The van der Waals surface area contributed by atoms with Crippen molar-refractivity contribution in [2.45, 2.75) is 59.4 Å². The van der Waals surface area contributed by atoms with Gasteiger partial charge in [0.2, 0.25) is 0 Å². The number of methoxy groups -OCH3 is 3. The summed E-state index contributed by atoms with van der Waals surface area (Å²) in [5.74, 6) is -3.60. The van der Waals surface area contributed by atoms with Crippen LogP contribution in [0.5, 0.6) is 0 Å². The van der Waals surface area contributed by atoms with E-state index in [0.29, 0.717) is 29.6 Å². The van der Waals surface area contributed by atoms with E-state index in [-0.39, 0.29) is 30.4 Å². The van der Waals surface area contributed by atoms with Gasteiger partial charge in [-0.1, -0.05) is 24.8 Å². The third kappa shape index (κ3) is 6.32. The maximum absolute atomic E-state index is 13.7. The van der Waals surface area contributed by atoms with E-state index < -0.39 is 29.2 Å². The summed E-state index contributed by atoms with van der Waals surface area (Å²) in [6.45, 7) is 11.9. The number of carboxylic acids is 1. The van der Waals surface area contributed by atoms with Crippen molar-refractivity contribution >= 4 is 60.0 Å². The monoisotopic (exact) mass is 720 g/mol. The number of aromatic nitrogens is 2. The molecule has 0 saturated carbocycles. The Kier molecular flexibility index (Phi) is 9.91. The van der Waals surface area contributed by atoms with Gasteiger partial charge in [0.15, 0.2) is 0 Å². The molecule has 0 fully saturated rings. The lowest BCUT2D eigenvalue weighted by molar-refractivity contribution is -0.149. The molecule has 0 aromatic carbocycles. The second kappa shape index (κ2) is 14.3. The van der Waals surface area contributed by atoms with Crippen LogP contribution in [0, 0.1) is 25.2 Å². The van der Waals surface area contributed by atoms with Crippen LogP contribution in [0.1, 0.15) is 66.8 Å². The van der Waals surface area contributed by atoms with Gasteiger partial charge in [-0.25, -0.2) is 4.79 Å². The fraction of sp³-hybridized carbons (Fsp3) is 0.341. The molecule has 12 heteroatoms. The van der Waals surface area contributed by atoms with E-state index in [1.807, 2.05) is 58.1 Å². The van der Waals surface area contributed by atoms with Gasteiger partial charge in [0, 0.05) is 46.2 Å². The Morgan fingerprint density at radius 3 is 2.34 bits per heavy atom.